The van der Waals surface area contributed by atoms with E-state index in [0.29, 0.717) is 18.6 Å². The Morgan fingerprint density at radius 1 is 1.14 bits per heavy atom. The second kappa shape index (κ2) is 9.69. The number of benzene rings is 1. The molecule has 2 aromatic rings. The van der Waals surface area contributed by atoms with Crippen LogP contribution in [0, 0.1) is 0 Å². The summed E-state index contributed by atoms with van der Waals surface area (Å²) in [5.41, 5.74) is -0.157. The Bertz CT molecular complexity index is 886. The van der Waals surface area contributed by atoms with Crippen molar-refractivity contribution in [3.05, 3.63) is 55.0 Å². The molecule has 3 nitrogen and oxygen atoms in total. The molecule has 0 aliphatic heterocycles. The quantitative estimate of drug-likeness (QED) is 0.354. The number of hydrogen-bond donors (Lipinski definition) is 0. The van der Waals surface area contributed by atoms with E-state index < -0.39 is 11.7 Å². The zero-order chi connectivity index (χ0) is 21.1. The molecule has 1 aromatic carbocycles. The van der Waals surface area contributed by atoms with Gasteiger partial charge in [0.15, 0.2) is 0 Å². The second-order valence-corrected chi connectivity index (χ2v) is 9.48. The second-order valence-electron chi connectivity index (χ2n) is 5.89. The average Bonchev–Trinajstić information content (AvgIpc) is 2.57. The van der Waals surface area contributed by atoms with E-state index in [-0.39, 0.29) is 27.6 Å². The first-order valence-electron chi connectivity index (χ1n) is 7.87. The standard InChI is InChI=1S/C18H14Br2Cl2F3NO2/c1-9(2)11-6-15(12(21)7-14(11)27-4-3-16(19)20)28-17-13(22)5-10(8-26-17)18(23,24)25/h3,5-9H,4H2,1-2H3. The minimum Gasteiger partial charge on any atom is -0.489 e. The van der Waals surface area contributed by atoms with Gasteiger partial charge in [-0.2, -0.15) is 13.2 Å². The molecule has 0 fully saturated rings. The lowest BCUT2D eigenvalue weighted by molar-refractivity contribution is -0.137. The van der Waals surface area contributed by atoms with Crippen LogP contribution in [-0.4, -0.2) is 11.6 Å². The number of halogens is 7. The summed E-state index contributed by atoms with van der Waals surface area (Å²) < 4.78 is 50.3. The lowest BCUT2D eigenvalue weighted by Crippen LogP contribution is -2.06. The van der Waals surface area contributed by atoms with Crippen molar-refractivity contribution in [2.45, 2.75) is 25.9 Å². The fraction of sp³-hybridized carbons (Fsp3) is 0.278. The molecule has 0 aliphatic rings. The predicted octanol–water partition coefficient (Wildman–Crippen LogP) is 8.33. The highest BCUT2D eigenvalue weighted by molar-refractivity contribution is 9.28. The van der Waals surface area contributed by atoms with Crippen LogP contribution in [0.3, 0.4) is 0 Å². The molecule has 1 heterocycles. The number of aromatic nitrogens is 1. The third-order valence-electron chi connectivity index (χ3n) is 3.50. The monoisotopic (exact) mass is 561 g/mol. The van der Waals surface area contributed by atoms with Crippen molar-refractivity contribution in [1.29, 1.82) is 0 Å². The van der Waals surface area contributed by atoms with Crippen molar-refractivity contribution in [3.8, 4) is 17.4 Å². The van der Waals surface area contributed by atoms with Gasteiger partial charge < -0.3 is 9.47 Å². The SMILES string of the molecule is CC(C)c1cc(Oc2ncc(C(F)(F)F)cc2Cl)c(Cl)cc1OCC=C(Br)Br. The Labute approximate surface area is 187 Å². The van der Waals surface area contributed by atoms with Crippen LogP contribution in [0.25, 0.3) is 0 Å². The van der Waals surface area contributed by atoms with E-state index in [1.165, 1.54) is 0 Å². The molecule has 0 unspecified atom stereocenters. The summed E-state index contributed by atoms with van der Waals surface area (Å²) in [7, 11) is 0. The van der Waals surface area contributed by atoms with Crippen LogP contribution in [-0.2, 0) is 6.18 Å². The number of alkyl halides is 3. The van der Waals surface area contributed by atoms with E-state index in [0.717, 1.165) is 15.0 Å². The van der Waals surface area contributed by atoms with Crippen LogP contribution < -0.4 is 9.47 Å². The van der Waals surface area contributed by atoms with Crippen LogP contribution >= 0.6 is 55.1 Å². The molecular weight excluding hydrogens is 550 g/mol. The zero-order valence-electron chi connectivity index (χ0n) is 14.6. The van der Waals surface area contributed by atoms with Crippen LogP contribution in [0.1, 0.15) is 30.9 Å². The Morgan fingerprint density at radius 3 is 2.36 bits per heavy atom. The van der Waals surface area contributed by atoms with E-state index in [2.05, 4.69) is 36.8 Å². The van der Waals surface area contributed by atoms with Gasteiger partial charge in [0.1, 0.15) is 23.1 Å². The minimum absolute atomic E-state index is 0.0713. The molecule has 28 heavy (non-hydrogen) atoms. The normalized spacial score (nSPS) is 11.5. The van der Waals surface area contributed by atoms with Crippen molar-refractivity contribution in [1.82, 2.24) is 4.98 Å². The number of ether oxygens (including phenoxy) is 2. The summed E-state index contributed by atoms with van der Waals surface area (Å²) in [6, 6.07) is 3.99. The van der Waals surface area contributed by atoms with E-state index >= 15 is 0 Å². The molecule has 152 valence electrons. The maximum Gasteiger partial charge on any atom is 0.417 e. The van der Waals surface area contributed by atoms with E-state index in [9.17, 15) is 13.2 Å². The lowest BCUT2D eigenvalue weighted by atomic mass is 10.0. The van der Waals surface area contributed by atoms with Crippen molar-refractivity contribution in [3.63, 3.8) is 0 Å². The molecule has 0 atom stereocenters. The summed E-state index contributed by atoms with van der Waals surface area (Å²) in [5.74, 6) is 0.675. The van der Waals surface area contributed by atoms with Gasteiger partial charge in [-0.25, -0.2) is 4.98 Å². The van der Waals surface area contributed by atoms with Gasteiger partial charge in [0, 0.05) is 17.8 Å². The Morgan fingerprint density at radius 2 is 1.82 bits per heavy atom. The Balaban J connectivity index is 2.34. The van der Waals surface area contributed by atoms with Crippen molar-refractivity contribution >= 4 is 55.1 Å². The molecule has 0 bridgehead atoms. The first-order valence-corrected chi connectivity index (χ1v) is 10.2. The highest BCUT2D eigenvalue weighted by Gasteiger charge is 2.32. The molecular formula is C18H14Br2Cl2F3NO2. The Hall–Kier alpha value is -0.960. The molecule has 1 aromatic heterocycles. The zero-order valence-corrected chi connectivity index (χ0v) is 19.3. The van der Waals surface area contributed by atoms with Gasteiger partial charge in [-0.1, -0.05) is 37.0 Å². The number of rotatable bonds is 6. The van der Waals surface area contributed by atoms with Crippen molar-refractivity contribution in [2.75, 3.05) is 6.61 Å². The molecule has 0 spiro atoms. The first kappa shape index (κ1) is 23.3. The fourth-order valence-electron chi connectivity index (χ4n) is 2.16. The van der Waals surface area contributed by atoms with Crippen LogP contribution in [0.5, 0.6) is 17.4 Å². The highest BCUT2D eigenvalue weighted by atomic mass is 79.9. The van der Waals surface area contributed by atoms with Gasteiger partial charge in [-0.05, 0) is 56.0 Å². The van der Waals surface area contributed by atoms with Gasteiger partial charge in [-0.15, -0.1) is 0 Å². The van der Waals surface area contributed by atoms with Gasteiger partial charge in [0.05, 0.1) is 14.0 Å². The molecule has 0 amide bonds. The summed E-state index contributed by atoms with van der Waals surface area (Å²) in [4.78, 5) is 3.66. The lowest BCUT2D eigenvalue weighted by Gasteiger charge is -2.17. The molecule has 0 aliphatic carbocycles. The van der Waals surface area contributed by atoms with E-state index in [4.69, 9.17) is 32.7 Å². The molecule has 0 N–H and O–H groups in total. The average molecular weight is 564 g/mol. The Kier molecular flexibility index (Phi) is 8.07. The van der Waals surface area contributed by atoms with Gasteiger partial charge in [0.2, 0.25) is 5.88 Å². The molecule has 0 saturated heterocycles. The molecule has 0 radical (unpaired) electrons. The minimum atomic E-state index is -4.55. The summed E-state index contributed by atoms with van der Waals surface area (Å²) in [6.45, 7) is 4.22. The van der Waals surface area contributed by atoms with E-state index in [1.54, 1.807) is 18.2 Å². The van der Waals surface area contributed by atoms with Crippen LogP contribution in [0.15, 0.2) is 33.9 Å². The highest BCUT2D eigenvalue weighted by Crippen LogP contribution is 2.40. The largest absolute Gasteiger partial charge is 0.489 e. The predicted molar refractivity (Wildman–Crippen MR) is 111 cm³/mol. The molecule has 10 heteroatoms. The summed E-state index contributed by atoms with van der Waals surface area (Å²) >= 11 is 18.7. The topological polar surface area (TPSA) is 31.4 Å². The number of hydrogen-bond acceptors (Lipinski definition) is 3. The third-order valence-corrected chi connectivity index (χ3v) is 4.72. The van der Waals surface area contributed by atoms with Crippen LogP contribution in [0.4, 0.5) is 13.2 Å². The number of pyridine rings is 1. The smallest absolute Gasteiger partial charge is 0.417 e. The van der Waals surface area contributed by atoms with E-state index in [1.807, 2.05) is 13.8 Å². The fourth-order valence-corrected chi connectivity index (χ4v) is 2.82. The maximum absolute atomic E-state index is 12.7. The molecule has 0 saturated carbocycles. The number of nitrogens with zero attached hydrogens (tertiary/aromatic N) is 1. The van der Waals surface area contributed by atoms with Gasteiger partial charge >= 0.3 is 6.18 Å². The van der Waals surface area contributed by atoms with Crippen molar-refractivity contribution < 1.29 is 22.6 Å². The molecule has 2 rings (SSSR count). The maximum atomic E-state index is 12.7. The van der Waals surface area contributed by atoms with Crippen LogP contribution in [0.2, 0.25) is 10.0 Å². The van der Waals surface area contributed by atoms with Gasteiger partial charge in [-0.3, -0.25) is 0 Å². The van der Waals surface area contributed by atoms with Crippen molar-refractivity contribution in [2.24, 2.45) is 0 Å². The van der Waals surface area contributed by atoms with Gasteiger partial charge in [0.25, 0.3) is 0 Å². The summed E-state index contributed by atoms with van der Waals surface area (Å²) in [6.07, 6.45) is -2.12. The summed E-state index contributed by atoms with van der Waals surface area (Å²) in [5, 5.41) is -0.0660. The first-order chi connectivity index (χ1) is 13.0. The third kappa shape index (κ3) is 6.27.